The molecule has 0 aliphatic carbocycles. The van der Waals surface area contributed by atoms with E-state index in [1.54, 1.807) is 0 Å². The van der Waals surface area contributed by atoms with Gasteiger partial charge in [0.25, 0.3) is 0 Å². The van der Waals surface area contributed by atoms with Crippen molar-refractivity contribution in [3.63, 3.8) is 0 Å². The molecule has 0 atom stereocenters. The summed E-state index contributed by atoms with van der Waals surface area (Å²) in [6.07, 6.45) is 11.4. The molecule has 0 aliphatic heterocycles. The van der Waals surface area contributed by atoms with Crippen molar-refractivity contribution >= 4 is 28.6 Å². The van der Waals surface area contributed by atoms with E-state index in [9.17, 15) is 0 Å². The molecule has 0 saturated heterocycles. The number of nitrogens with zero attached hydrogens (tertiary/aromatic N) is 1. The molecule has 1 aromatic carbocycles. The van der Waals surface area contributed by atoms with Crippen LogP contribution >= 0.6 is 0 Å². The molecule has 0 amide bonds. The Bertz CT molecular complexity index is 739. The van der Waals surface area contributed by atoms with Gasteiger partial charge in [-0.15, -0.1) is 0 Å². The highest BCUT2D eigenvalue weighted by Crippen LogP contribution is 2.30. The molecule has 108 valence electrons. The maximum absolute atomic E-state index is 3.93. The van der Waals surface area contributed by atoms with Crippen molar-refractivity contribution in [1.82, 2.24) is 4.57 Å². The van der Waals surface area contributed by atoms with Crippen LogP contribution in [0.5, 0.6) is 0 Å². The molecule has 21 heavy (non-hydrogen) atoms. The summed E-state index contributed by atoms with van der Waals surface area (Å²) in [5, 5.41) is 1.22. The van der Waals surface area contributed by atoms with Crippen molar-refractivity contribution in [2.75, 3.05) is 0 Å². The highest BCUT2D eigenvalue weighted by Gasteiger charge is 2.11. The third-order valence-electron chi connectivity index (χ3n) is 3.86. The quantitative estimate of drug-likeness (QED) is 0.606. The van der Waals surface area contributed by atoms with Crippen molar-refractivity contribution in [3.05, 3.63) is 66.4 Å². The maximum Gasteiger partial charge on any atom is 0.0494 e. The van der Waals surface area contributed by atoms with Crippen molar-refractivity contribution in [3.8, 4) is 0 Å². The number of hydrogen-bond acceptors (Lipinski definition) is 0. The fourth-order valence-electron chi connectivity index (χ4n) is 2.73. The van der Waals surface area contributed by atoms with Crippen molar-refractivity contribution < 1.29 is 0 Å². The smallest absolute Gasteiger partial charge is 0.0494 e. The summed E-state index contributed by atoms with van der Waals surface area (Å²) in [7, 11) is 2.08. The van der Waals surface area contributed by atoms with Crippen molar-refractivity contribution in [2.45, 2.75) is 20.3 Å². The van der Waals surface area contributed by atoms with Gasteiger partial charge in [0.2, 0.25) is 0 Å². The molecule has 0 bridgehead atoms. The number of aromatic nitrogens is 1. The van der Waals surface area contributed by atoms with Gasteiger partial charge >= 0.3 is 0 Å². The van der Waals surface area contributed by atoms with Gasteiger partial charge in [0.15, 0.2) is 0 Å². The molecule has 1 nitrogen and oxygen atoms in total. The standard InChI is InChI=1S/C20H23N/c1-6-10-11-15(7-2)16-12-13-18-17(8-3)19(9-4)21(5)20(18)14-16/h7-14H,3-4,6H2,1-2,5H3/b11-10-,15-7+. The molecule has 1 heterocycles. The molecule has 0 N–H and O–H groups in total. The van der Waals surface area contributed by atoms with E-state index < -0.39 is 0 Å². The van der Waals surface area contributed by atoms with E-state index in [0.717, 1.165) is 17.7 Å². The Hall–Kier alpha value is -2.28. The fourth-order valence-corrected chi connectivity index (χ4v) is 2.73. The van der Waals surface area contributed by atoms with Gasteiger partial charge in [0.1, 0.15) is 0 Å². The Kier molecular flexibility index (Phi) is 4.64. The number of allylic oxidation sites excluding steroid dienone is 4. The number of rotatable bonds is 5. The number of hydrogen-bond donors (Lipinski definition) is 0. The Morgan fingerprint density at radius 3 is 2.57 bits per heavy atom. The second kappa shape index (κ2) is 6.45. The summed E-state index contributed by atoms with van der Waals surface area (Å²) in [6.45, 7) is 12.1. The summed E-state index contributed by atoms with van der Waals surface area (Å²) in [5.74, 6) is 0. The van der Waals surface area contributed by atoms with Crippen LogP contribution in [-0.4, -0.2) is 4.57 Å². The van der Waals surface area contributed by atoms with Crippen LogP contribution < -0.4 is 0 Å². The summed E-state index contributed by atoms with van der Waals surface area (Å²) in [5.41, 5.74) is 5.96. The van der Waals surface area contributed by atoms with Crippen LogP contribution in [0.1, 0.15) is 37.1 Å². The number of benzene rings is 1. The van der Waals surface area contributed by atoms with Crippen LogP contribution in [0, 0.1) is 0 Å². The zero-order valence-corrected chi connectivity index (χ0v) is 13.2. The Morgan fingerprint density at radius 1 is 1.24 bits per heavy atom. The highest BCUT2D eigenvalue weighted by molar-refractivity contribution is 5.95. The zero-order chi connectivity index (χ0) is 15.4. The first-order valence-electron chi connectivity index (χ1n) is 7.38. The molecule has 2 rings (SSSR count). The Morgan fingerprint density at radius 2 is 2.00 bits per heavy atom. The lowest BCUT2D eigenvalue weighted by Gasteiger charge is -2.05. The third kappa shape index (κ3) is 2.64. The average molecular weight is 277 g/mol. The van der Waals surface area contributed by atoms with E-state index >= 15 is 0 Å². The van der Waals surface area contributed by atoms with Gasteiger partial charge < -0.3 is 4.57 Å². The van der Waals surface area contributed by atoms with Crippen molar-refractivity contribution in [1.29, 1.82) is 0 Å². The second-order valence-corrected chi connectivity index (χ2v) is 5.05. The average Bonchev–Trinajstić information content (AvgIpc) is 2.79. The summed E-state index contributed by atoms with van der Waals surface area (Å²) >= 11 is 0. The van der Waals surface area contributed by atoms with E-state index in [2.05, 4.69) is 75.0 Å². The third-order valence-corrected chi connectivity index (χ3v) is 3.86. The predicted octanol–water partition coefficient (Wildman–Crippen LogP) is 5.83. The molecule has 0 radical (unpaired) electrons. The molecule has 0 saturated carbocycles. The van der Waals surface area contributed by atoms with Crippen LogP contribution in [0.15, 0.2) is 49.6 Å². The molecule has 0 spiro atoms. The van der Waals surface area contributed by atoms with Gasteiger partial charge in [-0.3, -0.25) is 0 Å². The fraction of sp³-hybridized carbons (Fsp3) is 0.200. The minimum absolute atomic E-state index is 1.05. The Balaban J connectivity index is 2.67. The maximum atomic E-state index is 3.93. The lowest BCUT2D eigenvalue weighted by atomic mass is 10.0. The molecule has 0 fully saturated rings. The molecule has 1 heteroatoms. The highest BCUT2D eigenvalue weighted by atomic mass is 14.9. The largest absolute Gasteiger partial charge is 0.344 e. The number of fused-ring (bicyclic) bond motifs is 1. The Labute approximate surface area is 127 Å². The summed E-state index contributed by atoms with van der Waals surface area (Å²) in [4.78, 5) is 0. The van der Waals surface area contributed by atoms with Gasteiger partial charge in [-0.2, -0.15) is 0 Å². The van der Waals surface area contributed by atoms with Crippen LogP contribution in [0.4, 0.5) is 0 Å². The van der Waals surface area contributed by atoms with E-state index in [0.29, 0.717) is 0 Å². The van der Waals surface area contributed by atoms with E-state index in [1.807, 2.05) is 12.2 Å². The van der Waals surface area contributed by atoms with Crippen LogP contribution in [-0.2, 0) is 7.05 Å². The van der Waals surface area contributed by atoms with E-state index in [4.69, 9.17) is 0 Å². The van der Waals surface area contributed by atoms with Gasteiger partial charge in [-0.25, -0.2) is 0 Å². The normalized spacial score (nSPS) is 12.2. The zero-order valence-electron chi connectivity index (χ0n) is 13.2. The lowest BCUT2D eigenvalue weighted by Crippen LogP contribution is -1.91. The van der Waals surface area contributed by atoms with Crippen molar-refractivity contribution in [2.24, 2.45) is 7.05 Å². The van der Waals surface area contributed by atoms with E-state index in [1.165, 1.54) is 22.0 Å². The molecular weight excluding hydrogens is 254 g/mol. The first-order chi connectivity index (χ1) is 10.2. The van der Waals surface area contributed by atoms with Gasteiger partial charge in [-0.05, 0) is 36.6 Å². The lowest BCUT2D eigenvalue weighted by molar-refractivity contribution is 0.953. The van der Waals surface area contributed by atoms with Gasteiger partial charge in [-0.1, -0.05) is 56.5 Å². The SMILES string of the molecule is C=Cc1c(C=C)n(C)c2cc(C(/C=C\CC)=C/C)ccc12. The van der Waals surface area contributed by atoms with E-state index in [-0.39, 0.29) is 0 Å². The monoisotopic (exact) mass is 277 g/mol. The van der Waals surface area contributed by atoms with Crippen LogP contribution in [0.2, 0.25) is 0 Å². The molecule has 1 aromatic heterocycles. The molecule has 2 aromatic rings. The predicted molar refractivity (Wildman–Crippen MR) is 96.2 cm³/mol. The van der Waals surface area contributed by atoms with Crippen LogP contribution in [0.3, 0.4) is 0 Å². The molecule has 0 aliphatic rings. The topological polar surface area (TPSA) is 4.93 Å². The molecule has 0 unspecified atom stereocenters. The first kappa shape index (κ1) is 15.1. The molecular formula is C20H23N. The van der Waals surface area contributed by atoms with Gasteiger partial charge in [0.05, 0.1) is 0 Å². The minimum Gasteiger partial charge on any atom is -0.344 e. The van der Waals surface area contributed by atoms with Crippen LogP contribution in [0.25, 0.3) is 28.6 Å². The minimum atomic E-state index is 1.05. The summed E-state index contributed by atoms with van der Waals surface area (Å²) < 4.78 is 2.18. The second-order valence-electron chi connectivity index (χ2n) is 5.05. The first-order valence-corrected chi connectivity index (χ1v) is 7.38. The van der Waals surface area contributed by atoms with Gasteiger partial charge in [0, 0.05) is 29.2 Å². The number of aryl methyl sites for hydroxylation is 1. The summed E-state index contributed by atoms with van der Waals surface area (Å²) in [6, 6.07) is 6.60.